The van der Waals surface area contributed by atoms with Gasteiger partial charge in [-0.25, -0.2) is 0 Å². The molecular weight excluding hydrogens is 641 g/mol. The second-order valence-corrected chi connectivity index (χ2v) is 13.5. The summed E-state index contributed by atoms with van der Waals surface area (Å²) in [4.78, 5) is 0. The molecule has 1 aromatic heterocycles. The van der Waals surface area contributed by atoms with E-state index in [9.17, 15) is 5.48 Å². The average molecular weight is 679 g/mol. The first-order valence-electron chi connectivity index (χ1n) is 20.8. The van der Waals surface area contributed by atoms with E-state index in [-0.39, 0.29) is 40.5 Å². The molecule has 0 aliphatic heterocycles. The monoisotopic (exact) mass is 678 g/mol. The van der Waals surface area contributed by atoms with Crippen LogP contribution in [0.15, 0.2) is 198 Å². The Labute approximate surface area is 315 Å². The van der Waals surface area contributed by atoms with Crippen LogP contribution < -0.4 is 0 Å². The summed E-state index contributed by atoms with van der Waals surface area (Å²) in [5.74, 6) is 0. The third kappa shape index (κ3) is 4.58. The fourth-order valence-corrected chi connectivity index (χ4v) is 8.32. The largest absolute Gasteiger partial charge is 0.456 e. The minimum absolute atomic E-state index is 0.122. The number of furan rings is 1. The maximum absolute atomic E-state index is 9.84. The lowest BCUT2D eigenvalue weighted by Crippen LogP contribution is -1.92. The highest BCUT2D eigenvalue weighted by Crippen LogP contribution is 2.47. The molecule has 0 aliphatic carbocycles. The van der Waals surface area contributed by atoms with Gasteiger partial charge in [-0.05, 0) is 106 Å². The highest BCUT2D eigenvalue weighted by atomic mass is 16.3. The van der Waals surface area contributed by atoms with Crippen molar-refractivity contribution in [1.29, 1.82) is 0 Å². The lowest BCUT2D eigenvalue weighted by atomic mass is 9.84. The lowest BCUT2D eigenvalue weighted by molar-refractivity contribution is 0.669. The molecule has 10 aromatic carbocycles. The Kier molecular flexibility index (Phi) is 5.40. The van der Waals surface area contributed by atoms with Gasteiger partial charge in [0.2, 0.25) is 0 Å². The Bertz CT molecular complexity index is 3510. The zero-order valence-corrected chi connectivity index (χ0v) is 28.4. The van der Waals surface area contributed by atoms with Crippen molar-refractivity contribution in [3.63, 3.8) is 0 Å². The second-order valence-electron chi connectivity index (χ2n) is 13.5. The second kappa shape index (κ2) is 11.8. The molecule has 0 saturated carbocycles. The fraction of sp³-hybridized carbons (Fsp3) is 0. The molecule has 11 aromatic rings. The van der Waals surface area contributed by atoms with Gasteiger partial charge in [-0.15, -0.1) is 0 Å². The van der Waals surface area contributed by atoms with Crippen LogP contribution in [0.4, 0.5) is 0 Å². The van der Waals surface area contributed by atoms with E-state index in [1.165, 1.54) is 0 Å². The van der Waals surface area contributed by atoms with E-state index in [4.69, 9.17) is 7.16 Å². The van der Waals surface area contributed by atoms with Crippen LogP contribution >= 0.6 is 0 Å². The molecule has 0 N–H and O–H groups in total. The summed E-state index contributed by atoms with van der Waals surface area (Å²) in [7, 11) is 0. The third-order valence-electron chi connectivity index (χ3n) is 10.6. The molecule has 0 atom stereocenters. The van der Waals surface area contributed by atoms with Crippen LogP contribution in [0.5, 0.6) is 0 Å². The Balaban J connectivity index is 1.22. The SMILES string of the molecule is [2H]c1c([2H])c([2H])c2c(-c3c4ccccc4c(-c4ccccc4)c4ccccc34)c([2H])c([2H])c(-c3ccc4c(c3)oc3cccc(-c5cccc6ccccc56)c34)c2c1[2H]. The van der Waals surface area contributed by atoms with Crippen molar-refractivity contribution in [2.45, 2.75) is 0 Å². The molecule has 0 amide bonds. The molecule has 1 heteroatoms. The van der Waals surface area contributed by atoms with E-state index in [0.717, 1.165) is 65.3 Å². The van der Waals surface area contributed by atoms with Crippen LogP contribution in [0.25, 0.3) is 110 Å². The van der Waals surface area contributed by atoms with Gasteiger partial charge in [0, 0.05) is 10.8 Å². The van der Waals surface area contributed by atoms with Crippen molar-refractivity contribution >= 4 is 65.0 Å². The third-order valence-corrected chi connectivity index (χ3v) is 10.6. The molecule has 0 bridgehead atoms. The van der Waals surface area contributed by atoms with E-state index in [2.05, 4.69) is 60.7 Å². The van der Waals surface area contributed by atoms with Gasteiger partial charge in [-0.1, -0.05) is 176 Å². The van der Waals surface area contributed by atoms with Crippen molar-refractivity contribution in [2.75, 3.05) is 0 Å². The highest BCUT2D eigenvalue weighted by Gasteiger charge is 2.20. The summed E-state index contributed by atoms with van der Waals surface area (Å²) in [6, 6.07) is 50.9. The van der Waals surface area contributed by atoms with E-state index < -0.39 is 12.1 Å². The standard InChI is InChI=1S/C52H32O/c1-2-15-34(16-3-1)50-42-21-8-10-23-44(42)51(45-24-11-9-22-43(45)50)46-31-30-37(38-19-6-7-20-40(38)46)35-28-29-47-49(32-35)53-48-27-13-26-41(52(47)48)39-25-12-17-33-14-4-5-18-36(33)39/h1-32H/i6D,7D,19D,20D,30D,31D. The molecule has 1 heterocycles. The van der Waals surface area contributed by atoms with Gasteiger partial charge < -0.3 is 4.42 Å². The number of hydrogen-bond donors (Lipinski definition) is 0. The van der Waals surface area contributed by atoms with Crippen LogP contribution in [0, 0.1) is 0 Å². The van der Waals surface area contributed by atoms with E-state index in [0.29, 0.717) is 27.9 Å². The number of hydrogen-bond acceptors (Lipinski definition) is 1. The topological polar surface area (TPSA) is 13.1 Å². The molecule has 0 aliphatic rings. The summed E-state index contributed by atoms with van der Waals surface area (Å²) in [6.45, 7) is 0. The molecule has 11 rings (SSSR count). The maximum Gasteiger partial charge on any atom is 0.136 e. The minimum Gasteiger partial charge on any atom is -0.456 e. The van der Waals surface area contributed by atoms with Crippen molar-refractivity contribution in [2.24, 2.45) is 0 Å². The average Bonchev–Trinajstić information content (AvgIpc) is 3.66. The molecule has 53 heavy (non-hydrogen) atoms. The molecule has 246 valence electrons. The van der Waals surface area contributed by atoms with Crippen molar-refractivity contribution in [3.8, 4) is 44.5 Å². The predicted octanol–water partition coefficient (Wildman–Crippen LogP) is 14.9. The molecule has 0 unspecified atom stereocenters. The fourth-order valence-electron chi connectivity index (χ4n) is 8.32. The van der Waals surface area contributed by atoms with E-state index >= 15 is 0 Å². The van der Waals surface area contributed by atoms with Crippen LogP contribution in [-0.4, -0.2) is 0 Å². The van der Waals surface area contributed by atoms with Gasteiger partial charge in [0.25, 0.3) is 0 Å². The molecule has 1 nitrogen and oxygen atoms in total. The first kappa shape index (κ1) is 24.3. The number of benzene rings is 10. The van der Waals surface area contributed by atoms with Crippen LogP contribution in [0.3, 0.4) is 0 Å². The Hall–Kier alpha value is -6.96. The number of rotatable bonds is 4. The van der Waals surface area contributed by atoms with E-state index in [1.807, 2.05) is 97.1 Å². The van der Waals surface area contributed by atoms with Gasteiger partial charge in [-0.2, -0.15) is 0 Å². The normalized spacial score (nSPS) is 13.4. The van der Waals surface area contributed by atoms with Gasteiger partial charge in [0.05, 0.1) is 8.22 Å². The quantitative estimate of drug-likeness (QED) is 0.169. The summed E-state index contributed by atoms with van der Waals surface area (Å²) in [5.41, 5.74) is 7.20. The summed E-state index contributed by atoms with van der Waals surface area (Å²) < 4.78 is 62.7. The first-order chi connectivity index (χ1) is 28.8. The van der Waals surface area contributed by atoms with Crippen LogP contribution in [-0.2, 0) is 0 Å². The number of fused-ring (bicyclic) bond motifs is 7. The molecule has 0 fully saturated rings. The predicted molar refractivity (Wildman–Crippen MR) is 225 cm³/mol. The van der Waals surface area contributed by atoms with Gasteiger partial charge in [0.15, 0.2) is 0 Å². The summed E-state index contributed by atoms with van der Waals surface area (Å²) in [5, 5.41) is 8.03. The molecule has 0 saturated heterocycles. The van der Waals surface area contributed by atoms with Gasteiger partial charge in [0.1, 0.15) is 11.2 Å². The van der Waals surface area contributed by atoms with Gasteiger partial charge >= 0.3 is 0 Å². The van der Waals surface area contributed by atoms with Crippen molar-refractivity contribution in [3.05, 3.63) is 194 Å². The van der Waals surface area contributed by atoms with E-state index in [1.54, 1.807) is 0 Å². The van der Waals surface area contributed by atoms with Gasteiger partial charge in [-0.3, -0.25) is 0 Å². The summed E-state index contributed by atoms with van der Waals surface area (Å²) >= 11 is 0. The zero-order valence-electron chi connectivity index (χ0n) is 34.4. The Morgan fingerprint density at radius 2 is 0.925 bits per heavy atom. The lowest BCUT2D eigenvalue weighted by Gasteiger charge is -2.19. The molecular formula is C52H32O. The smallest absolute Gasteiger partial charge is 0.136 e. The Morgan fingerprint density at radius 3 is 1.68 bits per heavy atom. The molecule has 0 radical (unpaired) electrons. The van der Waals surface area contributed by atoms with Crippen molar-refractivity contribution in [1.82, 2.24) is 0 Å². The Morgan fingerprint density at radius 1 is 0.340 bits per heavy atom. The van der Waals surface area contributed by atoms with Crippen LogP contribution in [0.2, 0.25) is 0 Å². The maximum atomic E-state index is 9.84. The van der Waals surface area contributed by atoms with Crippen molar-refractivity contribution < 1.29 is 12.6 Å². The highest BCUT2D eigenvalue weighted by molar-refractivity contribution is 6.24. The minimum atomic E-state index is -0.398. The molecule has 0 spiro atoms. The zero-order chi connectivity index (χ0) is 40.1. The summed E-state index contributed by atoms with van der Waals surface area (Å²) in [6.07, 6.45) is 0. The van der Waals surface area contributed by atoms with Crippen LogP contribution in [0.1, 0.15) is 8.22 Å². The first-order valence-corrected chi connectivity index (χ1v) is 17.8.